The SMILES string of the molecule is C1=Cc2cc3ccc(cc4nc(cc5ccc(cc1n2)[nH]5)-c1ccccc1-4)[nH]3.N#CC(C#N)=C(C#N)C#N. The number of H-pyrrole nitrogens is 2. The number of hydrogen-bond donors (Lipinski definition) is 2. The first-order valence-electron chi connectivity index (χ1n) is 11.4. The first-order valence-corrected chi connectivity index (χ1v) is 11.4. The molecule has 0 spiro atoms. The molecule has 1 aromatic carbocycles. The van der Waals surface area contributed by atoms with Crippen molar-refractivity contribution in [2.24, 2.45) is 0 Å². The summed E-state index contributed by atoms with van der Waals surface area (Å²) in [4.78, 5) is 16.5. The minimum atomic E-state index is -0.440. The first kappa shape index (κ1) is 23.5. The predicted octanol–water partition coefficient (Wildman–Crippen LogP) is 6.20. The van der Waals surface area contributed by atoms with Gasteiger partial charge in [-0.2, -0.15) is 21.0 Å². The van der Waals surface area contributed by atoms with Crippen LogP contribution in [0.3, 0.4) is 0 Å². The maximum atomic E-state index is 8.13. The van der Waals surface area contributed by atoms with E-state index < -0.39 is 11.1 Å². The quantitative estimate of drug-likeness (QED) is 0.243. The highest BCUT2D eigenvalue weighted by Crippen LogP contribution is 2.35. The third-order valence-electron chi connectivity index (χ3n) is 5.75. The number of allylic oxidation sites excluding steroid dienone is 2. The Morgan fingerprint density at radius 1 is 0.526 bits per heavy atom. The molecule has 8 bridgehead atoms. The van der Waals surface area contributed by atoms with Crippen molar-refractivity contribution in [2.45, 2.75) is 0 Å². The Balaban J connectivity index is 0.000000253. The van der Waals surface area contributed by atoms with E-state index in [1.54, 1.807) is 0 Å². The molecule has 0 radical (unpaired) electrons. The Bertz CT molecular complexity index is 1810. The average Bonchev–Trinajstić information content (AvgIpc) is 3.73. The van der Waals surface area contributed by atoms with Gasteiger partial charge < -0.3 is 9.97 Å². The molecule has 3 aromatic heterocycles. The van der Waals surface area contributed by atoms with E-state index >= 15 is 0 Å². The van der Waals surface area contributed by atoms with E-state index in [0.717, 1.165) is 56.0 Å². The first-order chi connectivity index (χ1) is 18.6. The molecule has 6 rings (SSSR count). The lowest BCUT2D eigenvalue weighted by Crippen LogP contribution is -1.79. The maximum absolute atomic E-state index is 8.13. The van der Waals surface area contributed by atoms with Gasteiger partial charge >= 0.3 is 0 Å². The zero-order chi connectivity index (χ0) is 26.5. The summed E-state index contributed by atoms with van der Waals surface area (Å²) in [6.07, 6.45) is 4.06. The van der Waals surface area contributed by atoms with E-state index in [1.165, 1.54) is 24.3 Å². The Morgan fingerprint density at radius 2 is 0.921 bits per heavy atom. The number of aromatic nitrogens is 4. The minimum Gasteiger partial charge on any atom is -0.355 e. The number of rotatable bonds is 0. The van der Waals surface area contributed by atoms with Gasteiger partial charge in [-0.05, 0) is 60.7 Å². The molecule has 0 fully saturated rings. The maximum Gasteiger partial charge on any atom is 0.158 e. The summed E-state index contributed by atoms with van der Waals surface area (Å²) in [6, 6.07) is 30.6. The molecule has 2 N–H and O–H groups in total. The van der Waals surface area contributed by atoms with E-state index in [2.05, 4.69) is 87.7 Å². The third kappa shape index (κ3) is 4.79. The van der Waals surface area contributed by atoms with Crippen molar-refractivity contribution in [1.29, 1.82) is 21.0 Å². The van der Waals surface area contributed by atoms with Crippen LogP contribution in [0, 0.1) is 45.3 Å². The number of nitrogens with one attached hydrogen (secondary N) is 2. The molecular formula is C30H16N8. The Labute approximate surface area is 217 Å². The lowest BCUT2D eigenvalue weighted by Gasteiger charge is -1.97. The van der Waals surface area contributed by atoms with Crippen molar-refractivity contribution in [3.05, 3.63) is 95.3 Å². The molecule has 38 heavy (non-hydrogen) atoms. The zero-order valence-corrected chi connectivity index (χ0v) is 19.8. The number of benzene rings is 1. The van der Waals surface area contributed by atoms with Crippen LogP contribution in [0.25, 0.3) is 56.7 Å². The van der Waals surface area contributed by atoms with Gasteiger partial charge in [-0.15, -0.1) is 0 Å². The molecule has 4 aromatic rings. The van der Waals surface area contributed by atoms with Crippen LogP contribution in [-0.4, -0.2) is 19.9 Å². The summed E-state index contributed by atoms with van der Waals surface area (Å²) < 4.78 is 0. The summed E-state index contributed by atoms with van der Waals surface area (Å²) >= 11 is 0. The molecule has 8 heteroatoms. The van der Waals surface area contributed by atoms with Crippen molar-refractivity contribution in [3.63, 3.8) is 0 Å². The standard InChI is InChI=1S/C24H16N4.C6N4/c1-2-4-22-21(3-1)23-13-19-9-7-17(26-19)11-15-5-6-16(25-15)12-18-8-10-20(27-18)14-24(22)28-23;7-1-5(2-8)6(3-9)4-10/h1-14,26-27H;. The molecule has 0 atom stereocenters. The molecular weight excluding hydrogens is 472 g/mol. The van der Waals surface area contributed by atoms with E-state index in [9.17, 15) is 0 Å². The molecule has 0 aliphatic carbocycles. The Morgan fingerprint density at radius 3 is 1.32 bits per heavy atom. The molecule has 5 heterocycles. The largest absolute Gasteiger partial charge is 0.355 e. The third-order valence-corrected chi connectivity index (χ3v) is 5.75. The summed E-state index contributed by atoms with van der Waals surface area (Å²) in [6.45, 7) is 0. The van der Waals surface area contributed by atoms with Gasteiger partial charge in [0.15, 0.2) is 11.1 Å². The van der Waals surface area contributed by atoms with Gasteiger partial charge in [-0.3, -0.25) is 0 Å². The van der Waals surface area contributed by atoms with Gasteiger partial charge in [0, 0.05) is 33.2 Å². The number of fused-ring (bicyclic) bond motifs is 11. The topological polar surface area (TPSA) is 153 Å². The summed E-state index contributed by atoms with van der Waals surface area (Å²) in [5, 5.41) is 32.5. The van der Waals surface area contributed by atoms with Gasteiger partial charge in [0.05, 0.1) is 22.8 Å². The van der Waals surface area contributed by atoms with E-state index in [0.29, 0.717) is 0 Å². The molecule has 2 aliphatic heterocycles. The van der Waals surface area contributed by atoms with Crippen molar-refractivity contribution in [3.8, 4) is 46.8 Å². The smallest absolute Gasteiger partial charge is 0.158 e. The lowest BCUT2D eigenvalue weighted by molar-refractivity contribution is 1.32. The highest BCUT2D eigenvalue weighted by molar-refractivity contribution is 5.87. The summed E-state index contributed by atoms with van der Waals surface area (Å²) in [7, 11) is 0. The predicted molar refractivity (Wildman–Crippen MR) is 144 cm³/mol. The fourth-order valence-electron chi connectivity index (χ4n) is 4.04. The molecule has 176 valence electrons. The number of aromatic amines is 2. The van der Waals surface area contributed by atoms with Crippen LogP contribution < -0.4 is 0 Å². The highest BCUT2D eigenvalue weighted by atomic mass is 14.8. The van der Waals surface area contributed by atoms with E-state index in [1.807, 2.05) is 12.2 Å². The highest BCUT2D eigenvalue weighted by Gasteiger charge is 2.15. The normalized spacial score (nSPS) is 10.4. The molecule has 0 saturated heterocycles. The van der Waals surface area contributed by atoms with Crippen LogP contribution in [0.5, 0.6) is 0 Å². The molecule has 8 nitrogen and oxygen atoms in total. The van der Waals surface area contributed by atoms with Gasteiger partial charge in [0.25, 0.3) is 0 Å². The van der Waals surface area contributed by atoms with Crippen LogP contribution in [0.2, 0.25) is 0 Å². The van der Waals surface area contributed by atoms with Crippen LogP contribution in [0.1, 0.15) is 11.4 Å². The lowest BCUT2D eigenvalue weighted by atomic mass is 10.1. The fraction of sp³-hybridized carbons (Fsp3) is 0. The minimum absolute atomic E-state index is 0.440. The summed E-state index contributed by atoms with van der Waals surface area (Å²) in [5.41, 5.74) is 9.31. The van der Waals surface area contributed by atoms with Crippen LogP contribution in [0.15, 0.2) is 83.9 Å². The van der Waals surface area contributed by atoms with Crippen LogP contribution in [-0.2, 0) is 0 Å². The molecule has 2 aliphatic rings. The van der Waals surface area contributed by atoms with E-state index in [4.69, 9.17) is 26.0 Å². The van der Waals surface area contributed by atoms with Gasteiger partial charge in [0.2, 0.25) is 0 Å². The Kier molecular flexibility index (Phi) is 6.30. The van der Waals surface area contributed by atoms with Gasteiger partial charge in [-0.1, -0.05) is 24.3 Å². The van der Waals surface area contributed by atoms with Crippen molar-refractivity contribution >= 4 is 34.2 Å². The average molecular weight is 489 g/mol. The second kappa shape index (κ2) is 10.2. The van der Waals surface area contributed by atoms with Gasteiger partial charge in [-0.25, -0.2) is 9.97 Å². The van der Waals surface area contributed by atoms with Gasteiger partial charge in [0.1, 0.15) is 24.3 Å². The van der Waals surface area contributed by atoms with Crippen molar-refractivity contribution in [2.75, 3.05) is 0 Å². The van der Waals surface area contributed by atoms with Crippen LogP contribution in [0.4, 0.5) is 0 Å². The van der Waals surface area contributed by atoms with Crippen molar-refractivity contribution < 1.29 is 0 Å². The monoisotopic (exact) mass is 488 g/mol. The van der Waals surface area contributed by atoms with E-state index in [-0.39, 0.29) is 0 Å². The second-order valence-electron chi connectivity index (χ2n) is 8.24. The van der Waals surface area contributed by atoms with Crippen molar-refractivity contribution in [1.82, 2.24) is 19.9 Å². The summed E-state index contributed by atoms with van der Waals surface area (Å²) in [5.74, 6) is 0. The number of nitriles is 4. The number of hydrogen-bond acceptors (Lipinski definition) is 6. The Hall–Kier alpha value is -6.22. The molecule has 0 amide bonds. The molecule has 0 unspecified atom stereocenters. The second-order valence-corrected chi connectivity index (χ2v) is 8.24. The molecule has 0 saturated carbocycles. The number of nitrogens with zero attached hydrogens (tertiary/aromatic N) is 6. The van der Waals surface area contributed by atoms with Crippen LogP contribution >= 0.6 is 0 Å². The zero-order valence-electron chi connectivity index (χ0n) is 19.8. The fourth-order valence-corrected chi connectivity index (χ4v) is 4.04.